The van der Waals surface area contributed by atoms with Gasteiger partial charge in [0.1, 0.15) is 0 Å². The van der Waals surface area contributed by atoms with Gasteiger partial charge in [-0.25, -0.2) is 4.98 Å². The largest absolute Gasteiger partial charge is 0.389 e. The van der Waals surface area contributed by atoms with Crippen molar-refractivity contribution in [1.29, 1.82) is 0 Å². The summed E-state index contributed by atoms with van der Waals surface area (Å²) < 4.78 is 2.30. The molecular formula is C18H25N3O. The molecule has 3 rings (SSSR count). The van der Waals surface area contributed by atoms with Gasteiger partial charge < -0.3 is 9.67 Å². The molecule has 0 radical (unpaired) electrons. The van der Waals surface area contributed by atoms with Gasteiger partial charge in [0.15, 0.2) is 0 Å². The van der Waals surface area contributed by atoms with Gasteiger partial charge in [-0.3, -0.25) is 4.90 Å². The Hall–Kier alpha value is -1.65. The van der Waals surface area contributed by atoms with Crippen molar-refractivity contribution in [2.45, 2.75) is 45.4 Å². The SMILES string of the molecule is CC(C)(O)CN1CCc2c(ncn2CCc2ccccc2)C1. The Morgan fingerprint density at radius 3 is 2.73 bits per heavy atom. The highest BCUT2D eigenvalue weighted by Crippen LogP contribution is 2.20. The van der Waals surface area contributed by atoms with Gasteiger partial charge in [-0.1, -0.05) is 30.3 Å². The summed E-state index contributed by atoms with van der Waals surface area (Å²) in [6.45, 7) is 7.24. The van der Waals surface area contributed by atoms with Crippen molar-refractivity contribution in [2.75, 3.05) is 13.1 Å². The van der Waals surface area contributed by atoms with E-state index in [1.165, 1.54) is 17.0 Å². The van der Waals surface area contributed by atoms with E-state index in [0.717, 1.165) is 32.5 Å². The van der Waals surface area contributed by atoms with E-state index in [1.807, 2.05) is 20.2 Å². The number of nitrogens with zero attached hydrogens (tertiary/aromatic N) is 3. The summed E-state index contributed by atoms with van der Waals surface area (Å²) in [5.41, 5.74) is 3.25. The van der Waals surface area contributed by atoms with Crippen molar-refractivity contribution in [3.63, 3.8) is 0 Å². The quantitative estimate of drug-likeness (QED) is 0.921. The Labute approximate surface area is 132 Å². The predicted molar refractivity (Wildman–Crippen MR) is 87.7 cm³/mol. The molecule has 2 heterocycles. The van der Waals surface area contributed by atoms with Crippen molar-refractivity contribution in [1.82, 2.24) is 14.5 Å². The Morgan fingerprint density at radius 1 is 1.23 bits per heavy atom. The van der Waals surface area contributed by atoms with Crippen LogP contribution in [0.4, 0.5) is 0 Å². The van der Waals surface area contributed by atoms with E-state index in [-0.39, 0.29) is 0 Å². The minimum absolute atomic E-state index is 0.645. The zero-order chi connectivity index (χ0) is 15.6. The van der Waals surface area contributed by atoms with Crippen LogP contribution in [0, 0.1) is 0 Å². The van der Waals surface area contributed by atoms with Gasteiger partial charge in [-0.2, -0.15) is 0 Å². The smallest absolute Gasteiger partial charge is 0.0952 e. The third-order valence-electron chi connectivity index (χ3n) is 4.17. The van der Waals surface area contributed by atoms with Crippen LogP contribution in [0.15, 0.2) is 36.7 Å². The van der Waals surface area contributed by atoms with E-state index in [1.54, 1.807) is 0 Å². The molecule has 2 aromatic rings. The van der Waals surface area contributed by atoms with Crippen LogP contribution in [0.5, 0.6) is 0 Å². The lowest BCUT2D eigenvalue weighted by molar-refractivity contribution is 0.0311. The number of aromatic nitrogens is 2. The number of imidazole rings is 1. The Morgan fingerprint density at radius 2 is 2.00 bits per heavy atom. The summed E-state index contributed by atoms with van der Waals surface area (Å²) in [7, 11) is 0. The summed E-state index contributed by atoms with van der Waals surface area (Å²) >= 11 is 0. The van der Waals surface area contributed by atoms with Crippen LogP contribution in [0.3, 0.4) is 0 Å². The van der Waals surface area contributed by atoms with E-state index in [4.69, 9.17) is 0 Å². The van der Waals surface area contributed by atoms with E-state index < -0.39 is 5.60 Å². The summed E-state index contributed by atoms with van der Waals surface area (Å²) in [4.78, 5) is 6.88. The van der Waals surface area contributed by atoms with Crippen molar-refractivity contribution in [2.24, 2.45) is 0 Å². The van der Waals surface area contributed by atoms with Gasteiger partial charge in [0, 0.05) is 38.3 Å². The number of hydrogen-bond donors (Lipinski definition) is 1. The summed E-state index contributed by atoms with van der Waals surface area (Å²) in [6, 6.07) is 10.6. The van der Waals surface area contributed by atoms with Crippen LogP contribution in [-0.2, 0) is 25.9 Å². The second-order valence-corrected chi connectivity index (χ2v) is 6.84. The van der Waals surface area contributed by atoms with Crippen molar-refractivity contribution < 1.29 is 5.11 Å². The van der Waals surface area contributed by atoms with Crippen molar-refractivity contribution in [3.8, 4) is 0 Å². The van der Waals surface area contributed by atoms with Crippen LogP contribution in [0.2, 0.25) is 0 Å². The number of aliphatic hydroxyl groups is 1. The second-order valence-electron chi connectivity index (χ2n) is 6.84. The highest BCUT2D eigenvalue weighted by atomic mass is 16.3. The summed E-state index contributed by atoms with van der Waals surface area (Å²) in [5.74, 6) is 0. The van der Waals surface area contributed by atoms with Crippen LogP contribution in [0.1, 0.15) is 30.8 Å². The number of fused-ring (bicyclic) bond motifs is 1. The molecule has 0 saturated carbocycles. The summed E-state index contributed by atoms with van der Waals surface area (Å²) in [6.07, 6.45) is 4.03. The van der Waals surface area contributed by atoms with E-state index in [2.05, 4.69) is 44.8 Å². The minimum Gasteiger partial charge on any atom is -0.389 e. The topological polar surface area (TPSA) is 41.3 Å². The number of aryl methyl sites for hydroxylation is 2. The molecule has 1 aliphatic rings. The highest BCUT2D eigenvalue weighted by molar-refractivity contribution is 5.18. The molecule has 0 atom stereocenters. The van der Waals surface area contributed by atoms with Gasteiger partial charge in [-0.15, -0.1) is 0 Å². The van der Waals surface area contributed by atoms with Gasteiger partial charge in [-0.05, 0) is 25.8 Å². The maximum Gasteiger partial charge on any atom is 0.0952 e. The fourth-order valence-electron chi connectivity index (χ4n) is 3.19. The molecule has 0 unspecified atom stereocenters. The molecule has 22 heavy (non-hydrogen) atoms. The van der Waals surface area contributed by atoms with Crippen molar-refractivity contribution in [3.05, 3.63) is 53.6 Å². The van der Waals surface area contributed by atoms with E-state index >= 15 is 0 Å². The Balaban J connectivity index is 1.63. The zero-order valence-electron chi connectivity index (χ0n) is 13.5. The van der Waals surface area contributed by atoms with E-state index in [0.29, 0.717) is 6.54 Å². The first kappa shape index (κ1) is 15.3. The molecule has 0 saturated heterocycles. The average molecular weight is 299 g/mol. The lowest BCUT2D eigenvalue weighted by Gasteiger charge is -2.31. The third-order valence-corrected chi connectivity index (χ3v) is 4.17. The fraction of sp³-hybridized carbons (Fsp3) is 0.500. The lowest BCUT2D eigenvalue weighted by Crippen LogP contribution is -2.41. The molecule has 1 aromatic heterocycles. The highest BCUT2D eigenvalue weighted by Gasteiger charge is 2.25. The number of benzene rings is 1. The molecule has 0 fully saturated rings. The van der Waals surface area contributed by atoms with Crippen LogP contribution >= 0.6 is 0 Å². The second kappa shape index (κ2) is 6.23. The molecule has 0 amide bonds. The standard InChI is InChI=1S/C18H25N3O/c1-18(2,22)13-20-10-9-17-16(12-20)19-14-21(17)11-8-15-6-4-3-5-7-15/h3-7,14,22H,8-13H2,1-2H3. The molecule has 4 heteroatoms. The minimum atomic E-state index is -0.645. The third kappa shape index (κ3) is 3.76. The van der Waals surface area contributed by atoms with Crippen molar-refractivity contribution >= 4 is 0 Å². The first-order chi connectivity index (χ1) is 10.5. The molecule has 0 aliphatic carbocycles. The van der Waals surface area contributed by atoms with Gasteiger partial charge in [0.2, 0.25) is 0 Å². The Bertz CT molecular complexity index is 613. The number of hydrogen-bond acceptors (Lipinski definition) is 3. The van der Waals surface area contributed by atoms with Crippen LogP contribution < -0.4 is 0 Å². The first-order valence-corrected chi connectivity index (χ1v) is 8.03. The predicted octanol–water partition coefficient (Wildman–Crippen LogP) is 2.25. The molecule has 1 aromatic carbocycles. The molecular weight excluding hydrogens is 274 g/mol. The molecule has 1 N–H and O–H groups in total. The normalized spacial score (nSPS) is 15.8. The Kier molecular flexibility index (Phi) is 4.32. The summed E-state index contributed by atoms with van der Waals surface area (Å²) in [5, 5.41) is 9.97. The molecule has 0 spiro atoms. The fourth-order valence-corrected chi connectivity index (χ4v) is 3.19. The van der Waals surface area contributed by atoms with Gasteiger partial charge >= 0.3 is 0 Å². The van der Waals surface area contributed by atoms with Crippen LogP contribution in [-0.4, -0.2) is 38.2 Å². The zero-order valence-corrected chi connectivity index (χ0v) is 13.5. The maximum atomic E-state index is 9.97. The lowest BCUT2D eigenvalue weighted by atomic mass is 10.1. The number of β-amino-alcohol motifs (C(OH)–C–C–N with tert-alkyl or cyclic N) is 1. The maximum absolute atomic E-state index is 9.97. The van der Waals surface area contributed by atoms with Gasteiger partial charge in [0.05, 0.1) is 17.6 Å². The average Bonchev–Trinajstić information content (AvgIpc) is 2.87. The molecule has 1 aliphatic heterocycles. The molecule has 118 valence electrons. The first-order valence-electron chi connectivity index (χ1n) is 8.03. The molecule has 0 bridgehead atoms. The van der Waals surface area contributed by atoms with E-state index in [9.17, 15) is 5.11 Å². The monoisotopic (exact) mass is 299 g/mol. The van der Waals surface area contributed by atoms with Crippen LogP contribution in [0.25, 0.3) is 0 Å². The van der Waals surface area contributed by atoms with Gasteiger partial charge in [0.25, 0.3) is 0 Å². The molecule has 4 nitrogen and oxygen atoms in total. The number of rotatable bonds is 5.